The number of halogens is 1. The van der Waals surface area contributed by atoms with Crippen molar-refractivity contribution in [2.45, 2.75) is 12.0 Å². The summed E-state index contributed by atoms with van der Waals surface area (Å²) in [7, 11) is 0. The molecular formula is C21H15BrN2O3. The molecule has 0 saturated heterocycles. The second-order valence-corrected chi connectivity index (χ2v) is 7.29. The molecule has 134 valence electrons. The lowest BCUT2D eigenvalue weighted by Crippen LogP contribution is -2.32. The summed E-state index contributed by atoms with van der Waals surface area (Å²) in [5.41, 5.74) is 1.95. The highest BCUT2D eigenvalue weighted by Gasteiger charge is 2.43. The zero-order valence-electron chi connectivity index (χ0n) is 14.2. The topological polar surface area (TPSA) is 65.1 Å². The van der Waals surface area contributed by atoms with Crippen molar-refractivity contribution in [1.82, 2.24) is 4.57 Å². The molecule has 3 aromatic rings. The molecule has 0 fully saturated rings. The van der Waals surface area contributed by atoms with Gasteiger partial charge in [0, 0.05) is 28.0 Å². The van der Waals surface area contributed by atoms with Gasteiger partial charge in [-0.15, -0.1) is 0 Å². The molecule has 5 nitrogen and oxygen atoms in total. The highest BCUT2D eigenvalue weighted by atomic mass is 79.9. The van der Waals surface area contributed by atoms with Crippen LogP contribution in [0.4, 0.5) is 0 Å². The van der Waals surface area contributed by atoms with Crippen LogP contribution in [0.5, 0.6) is 0 Å². The number of carbonyl (C=O) groups is 1. The molecule has 0 amide bonds. The molecule has 2 aromatic carbocycles. The smallest absolute Gasteiger partial charge is 0.258 e. The van der Waals surface area contributed by atoms with Crippen LogP contribution in [0.1, 0.15) is 33.6 Å². The first-order chi connectivity index (χ1) is 13.1. The van der Waals surface area contributed by atoms with Gasteiger partial charge >= 0.3 is 0 Å². The number of fused-ring (bicyclic) bond motifs is 1. The van der Waals surface area contributed by atoms with Crippen LogP contribution in [0, 0.1) is 10.1 Å². The largest absolute Gasteiger partial charge is 0.336 e. The summed E-state index contributed by atoms with van der Waals surface area (Å²) in [4.78, 5) is 24.9. The maximum atomic E-state index is 13.4. The van der Waals surface area contributed by atoms with E-state index in [0.29, 0.717) is 11.3 Å². The molecule has 2 atom stereocenters. The Bertz CT molecular complexity index is 1040. The average Bonchev–Trinajstić information content (AvgIpc) is 3.15. The van der Waals surface area contributed by atoms with E-state index < -0.39 is 12.0 Å². The van der Waals surface area contributed by atoms with Gasteiger partial charge in [-0.25, -0.2) is 0 Å². The summed E-state index contributed by atoms with van der Waals surface area (Å²) < 4.78 is 2.70. The normalized spacial score (nSPS) is 18.5. The van der Waals surface area contributed by atoms with Crippen LogP contribution in [0.15, 0.2) is 83.1 Å². The fourth-order valence-electron chi connectivity index (χ4n) is 3.59. The molecule has 0 radical (unpaired) electrons. The Morgan fingerprint density at radius 2 is 1.70 bits per heavy atom. The monoisotopic (exact) mass is 422 g/mol. The third-order valence-electron chi connectivity index (χ3n) is 4.81. The Kier molecular flexibility index (Phi) is 4.49. The molecule has 27 heavy (non-hydrogen) atoms. The molecular weight excluding hydrogens is 408 g/mol. The Labute approximate surface area is 164 Å². The van der Waals surface area contributed by atoms with Crippen LogP contribution in [-0.4, -0.2) is 15.3 Å². The zero-order chi connectivity index (χ0) is 19.0. The number of nitro groups is 1. The summed E-state index contributed by atoms with van der Waals surface area (Å²) in [6, 6.07) is 19.1. The number of hydrogen-bond acceptors (Lipinski definition) is 3. The quantitative estimate of drug-likeness (QED) is 0.334. The molecule has 2 unspecified atom stereocenters. The van der Waals surface area contributed by atoms with Gasteiger partial charge in [-0.3, -0.25) is 14.9 Å². The fourth-order valence-corrected chi connectivity index (χ4v) is 3.85. The van der Waals surface area contributed by atoms with E-state index >= 15 is 0 Å². The third kappa shape index (κ3) is 3.13. The van der Waals surface area contributed by atoms with E-state index in [0.717, 1.165) is 10.0 Å². The summed E-state index contributed by atoms with van der Waals surface area (Å²) in [5.74, 6) is -0.825. The van der Waals surface area contributed by atoms with Crippen LogP contribution in [0.3, 0.4) is 0 Å². The lowest BCUT2D eigenvalue weighted by molar-refractivity contribution is -0.429. The van der Waals surface area contributed by atoms with Crippen molar-refractivity contribution >= 4 is 27.8 Å². The molecule has 0 bridgehead atoms. The molecule has 1 aliphatic rings. The number of ketones is 1. The number of rotatable bonds is 4. The van der Waals surface area contributed by atoms with Gasteiger partial charge in [-0.05, 0) is 29.8 Å². The molecule has 4 rings (SSSR count). The molecule has 1 aromatic heterocycles. The van der Waals surface area contributed by atoms with Crippen LogP contribution < -0.4 is 0 Å². The second kappa shape index (κ2) is 6.96. The van der Waals surface area contributed by atoms with Crippen molar-refractivity contribution in [3.8, 4) is 0 Å². The van der Waals surface area contributed by atoms with E-state index in [4.69, 9.17) is 0 Å². The van der Waals surface area contributed by atoms with E-state index in [9.17, 15) is 14.9 Å². The Morgan fingerprint density at radius 1 is 1.00 bits per heavy atom. The molecule has 0 saturated carbocycles. The van der Waals surface area contributed by atoms with E-state index in [1.165, 1.54) is 0 Å². The fraction of sp³-hybridized carbons (Fsp3) is 0.0952. The second-order valence-electron chi connectivity index (χ2n) is 6.37. The summed E-state index contributed by atoms with van der Waals surface area (Å²) >= 11 is 3.39. The van der Waals surface area contributed by atoms with Gasteiger partial charge in [0.15, 0.2) is 5.78 Å². The number of aromatic nitrogens is 1. The maximum Gasteiger partial charge on any atom is 0.258 e. The highest BCUT2D eigenvalue weighted by molar-refractivity contribution is 9.10. The van der Waals surface area contributed by atoms with E-state index in [2.05, 4.69) is 15.9 Å². The highest BCUT2D eigenvalue weighted by Crippen LogP contribution is 2.43. The van der Waals surface area contributed by atoms with Gasteiger partial charge in [0.25, 0.3) is 5.70 Å². The van der Waals surface area contributed by atoms with Gasteiger partial charge in [0.1, 0.15) is 12.0 Å². The van der Waals surface area contributed by atoms with E-state index in [1.54, 1.807) is 48.7 Å². The summed E-state index contributed by atoms with van der Waals surface area (Å²) in [5, 5.41) is 11.8. The lowest BCUT2D eigenvalue weighted by atomic mass is 9.82. The van der Waals surface area contributed by atoms with Crippen molar-refractivity contribution < 1.29 is 9.72 Å². The maximum absolute atomic E-state index is 13.4. The lowest BCUT2D eigenvalue weighted by Gasteiger charge is -2.30. The summed E-state index contributed by atoms with van der Waals surface area (Å²) in [6.07, 6.45) is 3.36. The average molecular weight is 423 g/mol. The SMILES string of the molecule is O=C(c1ccccc1)C1C(c2ccc(Br)cc2)C([N+](=O)[O-])=Cc2cccn21. The van der Waals surface area contributed by atoms with Crippen molar-refractivity contribution in [2.24, 2.45) is 0 Å². The number of carbonyl (C=O) groups excluding carboxylic acids is 1. The number of hydrogen-bond donors (Lipinski definition) is 0. The van der Waals surface area contributed by atoms with Crippen LogP contribution in [0.25, 0.3) is 6.08 Å². The molecule has 0 spiro atoms. The minimum absolute atomic E-state index is 0.0257. The first-order valence-electron chi connectivity index (χ1n) is 8.44. The van der Waals surface area contributed by atoms with Crippen LogP contribution in [-0.2, 0) is 0 Å². The van der Waals surface area contributed by atoms with Crippen molar-refractivity contribution in [1.29, 1.82) is 0 Å². The van der Waals surface area contributed by atoms with E-state index in [1.807, 2.05) is 34.9 Å². The standard InChI is InChI=1S/C21H15BrN2O3/c22-16-10-8-14(9-11-16)19-18(24(26)27)13-17-7-4-12-23(17)20(19)21(25)15-5-2-1-3-6-15/h1-13,19-20H. The Hall–Kier alpha value is -2.99. The summed E-state index contributed by atoms with van der Waals surface area (Å²) in [6.45, 7) is 0. The zero-order valence-corrected chi connectivity index (χ0v) is 15.7. The van der Waals surface area contributed by atoms with E-state index in [-0.39, 0.29) is 16.4 Å². The molecule has 0 aliphatic carbocycles. The minimum Gasteiger partial charge on any atom is -0.336 e. The van der Waals surface area contributed by atoms with Gasteiger partial charge in [-0.1, -0.05) is 58.4 Å². The molecule has 6 heteroatoms. The van der Waals surface area contributed by atoms with Gasteiger partial charge in [-0.2, -0.15) is 0 Å². The van der Waals surface area contributed by atoms with Crippen LogP contribution >= 0.6 is 15.9 Å². The Morgan fingerprint density at radius 3 is 2.37 bits per heavy atom. The molecule has 0 N–H and O–H groups in total. The van der Waals surface area contributed by atoms with Crippen molar-refractivity contribution in [3.05, 3.63) is 110 Å². The van der Waals surface area contributed by atoms with Gasteiger partial charge < -0.3 is 4.57 Å². The number of benzene rings is 2. The van der Waals surface area contributed by atoms with Crippen LogP contribution in [0.2, 0.25) is 0 Å². The molecule has 1 aliphatic heterocycles. The minimum atomic E-state index is -0.719. The molecule has 2 heterocycles. The van der Waals surface area contributed by atoms with Gasteiger partial charge in [0.05, 0.1) is 4.92 Å². The third-order valence-corrected chi connectivity index (χ3v) is 5.34. The number of nitrogens with zero attached hydrogens (tertiary/aromatic N) is 2. The first kappa shape index (κ1) is 17.4. The van der Waals surface area contributed by atoms with Gasteiger partial charge in [0.2, 0.25) is 0 Å². The Balaban J connectivity index is 1.91. The number of allylic oxidation sites excluding steroid dienone is 1. The predicted molar refractivity (Wildman–Crippen MR) is 106 cm³/mol. The predicted octanol–water partition coefficient (Wildman–Crippen LogP) is 5.09. The van der Waals surface area contributed by atoms with Crippen molar-refractivity contribution in [3.63, 3.8) is 0 Å². The first-order valence-corrected chi connectivity index (χ1v) is 9.23. The number of Topliss-reactive ketones (excluding diaryl/α,β-unsaturated/α-hetero) is 1. The van der Waals surface area contributed by atoms with Crippen molar-refractivity contribution in [2.75, 3.05) is 0 Å².